The average Bonchev–Trinajstić information content (AvgIpc) is 3.05. The maximum Gasteiger partial charge on any atom is 0.333 e. The Labute approximate surface area is 153 Å². The van der Waals surface area contributed by atoms with E-state index in [1.807, 2.05) is 24.3 Å². The third-order valence-electron chi connectivity index (χ3n) is 5.33. The summed E-state index contributed by atoms with van der Waals surface area (Å²) < 4.78 is 0. The van der Waals surface area contributed by atoms with Crippen molar-refractivity contribution in [2.24, 2.45) is 0 Å². The van der Waals surface area contributed by atoms with E-state index < -0.39 is 0 Å². The first-order chi connectivity index (χ1) is 12.7. The summed E-state index contributed by atoms with van der Waals surface area (Å²) in [6.07, 6.45) is 6.28. The molecule has 2 aliphatic rings. The second-order valence-corrected chi connectivity index (χ2v) is 7.05. The van der Waals surface area contributed by atoms with Gasteiger partial charge in [-0.3, -0.25) is 10.2 Å². The van der Waals surface area contributed by atoms with Crippen molar-refractivity contribution < 1.29 is 9.59 Å². The zero-order chi connectivity index (χ0) is 17.9. The molecule has 3 amide bonds. The smallest absolute Gasteiger partial charge is 0.333 e. The quantitative estimate of drug-likeness (QED) is 0.619. The Kier molecular flexibility index (Phi) is 4.61. The maximum absolute atomic E-state index is 12.6. The summed E-state index contributed by atoms with van der Waals surface area (Å²) in [5.74, 6) is -0.284. The Morgan fingerprint density at radius 2 is 1.62 bits per heavy atom. The third-order valence-corrected chi connectivity index (χ3v) is 5.33. The van der Waals surface area contributed by atoms with Crippen LogP contribution in [-0.2, 0) is 6.42 Å². The lowest BCUT2D eigenvalue weighted by Crippen LogP contribution is -2.50. The minimum Gasteiger partial charge on any atom is -0.334 e. The van der Waals surface area contributed by atoms with Gasteiger partial charge in [0.15, 0.2) is 0 Å². The van der Waals surface area contributed by atoms with Crippen LogP contribution in [0, 0.1) is 0 Å². The molecular formula is C21H23N3O2. The molecule has 1 fully saturated rings. The monoisotopic (exact) mass is 349 g/mol. The first-order valence-corrected chi connectivity index (χ1v) is 9.29. The molecule has 0 radical (unpaired) electrons. The average molecular weight is 349 g/mol. The van der Waals surface area contributed by atoms with Crippen LogP contribution in [0.2, 0.25) is 0 Å². The van der Waals surface area contributed by atoms with Crippen LogP contribution in [0.1, 0.15) is 53.6 Å². The molecule has 2 aromatic carbocycles. The van der Waals surface area contributed by atoms with Gasteiger partial charge in [-0.15, -0.1) is 0 Å². The number of urea groups is 1. The van der Waals surface area contributed by atoms with Crippen molar-refractivity contribution in [1.82, 2.24) is 16.2 Å². The van der Waals surface area contributed by atoms with Gasteiger partial charge in [0.1, 0.15) is 0 Å². The van der Waals surface area contributed by atoms with Crippen LogP contribution in [0.25, 0.3) is 11.1 Å². The van der Waals surface area contributed by atoms with Crippen LogP contribution >= 0.6 is 0 Å². The Bertz CT molecular complexity index is 841. The molecule has 5 heteroatoms. The minimum absolute atomic E-state index is 0.205. The largest absolute Gasteiger partial charge is 0.334 e. The van der Waals surface area contributed by atoms with Crippen LogP contribution in [0.5, 0.6) is 0 Å². The predicted octanol–water partition coefficient (Wildman–Crippen LogP) is 3.53. The zero-order valence-electron chi connectivity index (χ0n) is 14.7. The minimum atomic E-state index is -0.346. The molecule has 1 saturated carbocycles. The van der Waals surface area contributed by atoms with Crippen LogP contribution in [0.15, 0.2) is 42.5 Å². The number of carbonyl (C=O) groups is 2. The van der Waals surface area contributed by atoms with E-state index in [2.05, 4.69) is 28.3 Å². The Morgan fingerprint density at radius 1 is 0.846 bits per heavy atom. The fraction of sp³-hybridized carbons (Fsp3) is 0.333. The standard InChI is InChI=1S/C21H23N3O2/c25-20(23-24-21(26)22-15-8-2-1-3-9-15)18-12-6-11-17-16-10-5-4-7-14(16)13-19(17)18/h4-7,10-12,15H,1-3,8-9,13H2,(H,23,25)(H2,22,24,26). The molecule has 134 valence electrons. The molecule has 2 aliphatic carbocycles. The van der Waals surface area contributed by atoms with E-state index in [0.29, 0.717) is 5.56 Å². The summed E-state index contributed by atoms with van der Waals surface area (Å²) in [4.78, 5) is 24.6. The molecule has 0 saturated heterocycles. The van der Waals surface area contributed by atoms with Crippen molar-refractivity contribution >= 4 is 11.9 Å². The highest BCUT2D eigenvalue weighted by Crippen LogP contribution is 2.37. The van der Waals surface area contributed by atoms with Crippen LogP contribution in [0.3, 0.4) is 0 Å². The van der Waals surface area contributed by atoms with E-state index in [4.69, 9.17) is 0 Å². The van der Waals surface area contributed by atoms with Crippen molar-refractivity contribution in [1.29, 1.82) is 0 Å². The third kappa shape index (κ3) is 3.29. The lowest BCUT2D eigenvalue weighted by Gasteiger charge is -2.22. The summed E-state index contributed by atoms with van der Waals surface area (Å²) in [6, 6.07) is 13.8. The van der Waals surface area contributed by atoms with Gasteiger partial charge in [0.2, 0.25) is 0 Å². The number of hydrazine groups is 1. The Morgan fingerprint density at radius 3 is 2.46 bits per heavy atom. The molecule has 0 atom stereocenters. The molecule has 0 aromatic heterocycles. The van der Waals surface area contributed by atoms with Crippen molar-refractivity contribution in [2.45, 2.75) is 44.6 Å². The molecule has 5 nitrogen and oxygen atoms in total. The van der Waals surface area contributed by atoms with Gasteiger partial charge < -0.3 is 5.32 Å². The summed E-state index contributed by atoms with van der Waals surface area (Å²) in [5, 5.41) is 2.93. The fourth-order valence-corrected chi connectivity index (χ4v) is 4.02. The predicted molar refractivity (Wildman–Crippen MR) is 101 cm³/mol. The van der Waals surface area contributed by atoms with Crippen LogP contribution in [-0.4, -0.2) is 18.0 Å². The van der Waals surface area contributed by atoms with E-state index in [-0.39, 0.29) is 18.0 Å². The van der Waals surface area contributed by atoms with E-state index in [9.17, 15) is 9.59 Å². The molecule has 0 bridgehead atoms. The zero-order valence-corrected chi connectivity index (χ0v) is 14.7. The number of nitrogens with one attached hydrogen (secondary N) is 3. The van der Waals surface area contributed by atoms with Gasteiger partial charge in [-0.2, -0.15) is 0 Å². The van der Waals surface area contributed by atoms with Gasteiger partial charge in [0.05, 0.1) is 0 Å². The highest BCUT2D eigenvalue weighted by molar-refractivity contribution is 5.99. The molecular weight excluding hydrogens is 326 g/mol. The summed E-state index contributed by atoms with van der Waals surface area (Å²) in [6.45, 7) is 0. The first kappa shape index (κ1) is 16.6. The van der Waals surface area contributed by atoms with E-state index in [1.54, 1.807) is 6.07 Å². The van der Waals surface area contributed by atoms with Gasteiger partial charge in [-0.05, 0) is 47.6 Å². The van der Waals surface area contributed by atoms with E-state index in [0.717, 1.165) is 43.2 Å². The highest BCUT2D eigenvalue weighted by atomic mass is 16.2. The number of benzene rings is 2. The van der Waals surface area contributed by atoms with E-state index >= 15 is 0 Å². The lowest BCUT2D eigenvalue weighted by molar-refractivity contribution is 0.0935. The van der Waals surface area contributed by atoms with Crippen molar-refractivity contribution in [2.75, 3.05) is 0 Å². The fourth-order valence-electron chi connectivity index (χ4n) is 4.02. The van der Waals surface area contributed by atoms with Gasteiger partial charge in [0, 0.05) is 11.6 Å². The van der Waals surface area contributed by atoms with Crippen LogP contribution in [0.4, 0.5) is 4.79 Å². The first-order valence-electron chi connectivity index (χ1n) is 9.29. The molecule has 0 aliphatic heterocycles. The number of rotatable bonds is 2. The normalized spacial score (nSPS) is 15.7. The number of carbonyl (C=O) groups excluding carboxylic acids is 2. The summed E-state index contributed by atoms with van der Waals surface area (Å²) in [7, 11) is 0. The number of amides is 3. The second kappa shape index (κ2) is 7.20. The molecule has 26 heavy (non-hydrogen) atoms. The highest BCUT2D eigenvalue weighted by Gasteiger charge is 2.23. The number of hydrogen-bond donors (Lipinski definition) is 3. The molecule has 2 aromatic rings. The molecule has 3 N–H and O–H groups in total. The number of hydrogen-bond acceptors (Lipinski definition) is 2. The maximum atomic E-state index is 12.6. The molecule has 0 heterocycles. The van der Waals surface area contributed by atoms with Crippen LogP contribution < -0.4 is 16.2 Å². The van der Waals surface area contributed by atoms with Gasteiger partial charge in [-0.1, -0.05) is 55.7 Å². The lowest BCUT2D eigenvalue weighted by atomic mass is 9.96. The van der Waals surface area contributed by atoms with Crippen molar-refractivity contribution in [3.63, 3.8) is 0 Å². The summed E-state index contributed by atoms with van der Waals surface area (Å²) >= 11 is 0. The topological polar surface area (TPSA) is 70.2 Å². The van der Waals surface area contributed by atoms with E-state index in [1.165, 1.54) is 17.5 Å². The molecule has 0 spiro atoms. The molecule has 0 unspecified atom stereocenters. The molecule has 4 rings (SSSR count). The van der Waals surface area contributed by atoms with Gasteiger partial charge in [0.25, 0.3) is 5.91 Å². The number of fused-ring (bicyclic) bond motifs is 3. The Balaban J connectivity index is 1.41. The second-order valence-electron chi connectivity index (χ2n) is 7.05. The van der Waals surface area contributed by atoms with Crippen molar-refractivity contribution in [3.05, 3.63) is 59.2 Å². The summed E-state index contributed by atoms with van der Waals surface area (Å²) in [5.41, 5.74) is 10.2. The Hall–Kier alpha value is -2.82. The van der Waals surface area contributed by atoms with Gasteiger partial charge >= 0.3 is 6.03 Å². The van der Waals surface area contributed by atoms with Gasteiger partial charge in [-0.25, -0.2) is 10.2 Å². The SMILES string of the molecule is O=C(NNC(=O)c1cccc2c1Cc1ccccc1-2)NC1CCCCC1. The van der Waals surface area contributed by atoms with Crippen molar-refractivity contribution in [3.8, 4) is 11.1 Å².